The van der Waals surface area contributed by atoms with E-state index in [1.807, 2.05) is 25.4 Å². The number of nitrogens with zero attached hydrogens (tertiary/aromatic N) is 4. The van der Waals surface area contributed by atoms with Crippen LogP contribution in [0.5, 0.6) is 0 Å². The van der Waals surface area contributed by atoms with Crippen LogP contribution in [0.15, 0.2) is 42.7 Å². The summed E-state index contributed by atoms with van der Waals surface area (Å²) in [7, 11) is 1.97. The first-order valence-corrected chi connectivity index (χ1v) is 10.3. The van der Waals surface area contributed by atoms with Crippen LogP contribution in [-0.4, -0.2) is 46.3 Å². The highest BCUT2D eigenvalue weighted by Gasteiger charge is 2.22. The number of fused-ring (bicyclic) bond motifs is 1. The third kappa shape index (κ3) is 3.62. The molecule has 4 aromatic rings. The summed E-state index contributed by atoms with van der Waals surface area (Å²) >= 11 is 5.87. The molecule has 5 rings (SSSR count). The summed E-state index contributed by atoms with van der Waals surface area (Å²) in [5, 5.41) is 9.98. The Kier molecular flexibility index (Phi) is 5.03. The number of H-pyrrole nitrogens is 1. The summed E-state index contributed by atoms with van der Waals surface area (Å²) in [4.78, 5) is 11.6. The maximum atomic E-state index is 14.4. The summed E-state index contributed by atoms with van der Waals surface area (Å²) in [6.45, 7) is 1.87. The van der Waals surface area contributed by atoms with Crippen LogP contribution >= 0.6 is 11.6 Å². The smallest absolute Gasteiger partial charge is 0.144 e. The molecule has 4 heterocycles. The molecule has 0 aliphatic carbocycles. The lowest BCUT2D eigenvalue weighted by molar-refractivity contribution is 0.585. The van der Waals surface area contributed by atoms with Gasteiger partial charge < -0.3 is 10.2 Å². The Morgan fingerprint density at radius 1 is 1.10 bits per heavy atom. The molecule has 1 saturated heterocycles. The van der Waals surface area contributed by atoms with Crippen molar-refractivity contribution in [2.75, 3.05) is 25.0 Å². The van der Waals surface area contributed by atoms with Crippen LogP contribution in [0.2, 0.25) is 5.02 Å². The molecule has 2 N–H and O–H groups in total. The van der Waals surface area contributed by atoms with Crippen LogP contribution in [0, 0.1) is 11.6 Å². The normalized spacial score (nSPS) is 16.4. The van der Waals surface area contributed by atoms with Crippen molar-refractivity contribution in [1.29, 1.82) is 0 Å². The number of likely N-dealkylation sites (N-methyl/N-ethyl adjacent to an activating group) is 1. The van der Waals surface area contributed by atoms with Gasteiger partial charge in [0.05, 0.1) is 45.5 Å². The minimum absolute atomic E-state index is 0.128. The van der Waals surface area contributed by atoms with Gasteiger partial charge in [0.2, 0.25) is 0 Å². The zero-order chi connectivity index (χ0) is 21.5. The summed E-state index contributed by atoms with van der Waals surface area (Å²) in [6, 6.07) is 8.15. The third-order valence-electron chi connectivity index (χ3n) is 5.68. The standard InChI is InChI=1S/C22H19ClF2N6/c1-26-12-4-5-31(11-12)13-6-21-20(27-9-13)3-2-19(29-21)15-10-28-30-22(15)14-7-16(23)18(25)8-17(14)24/h2-3,6-10,12,26H,4-5,11H2,1H3,(H,28,30). The summed E-state index contributed by atoms with van der Waals surface area (Å²) in [6.07, 6.45) is 4.50. The zero-order valence-electron chi connectivity index (χ0n) is 16.7. The lowest BCUT2D eigenvalue weighted by Gasteiger charge is -2.18. The molecule has 0 saturated carbocycles. The van der Waals surface area contributed by atoms with Gasteiger partial charge in [0.1, 0.15) is 11.6 Å². The van der Waals surface area contributed by atoms with E-state index in [9.17, 15) is 8.78 Å². The third-order valence-corrected chi connectivity index (χ3v) is 5.97. The van der Waals surface area contributed by atoms with Crippen molar-refractivity contribution in [2.24, 2.45) is 0 Å². The van der Waals surface area contributed by atoms with E-state index in [1.54, 1.807) is 12.3 Å². The Labute approximate surface area is 182 Å². The predicted octanol–water partition coefficient (Wildman–Crippen LogP) is 4.42. The molecule has 0 radical (unpaired) electrons. The number of benzene rings is 1. The highest BCUT2D eigenvalue weighted by molar-refractivity contribution is 6.31. The Morgan fingerprint density at radius 3 is 2.77 bits per heavy atom. The van der Waals surface area contributed by atoms with E-state index in [4.69, 9.17) is 16.6 Å². The molecule has 0 amide bonds. The fourth-order valence-corrected chi connectivity index (χ4v) is 4.11. The molecule has 1 atom stereocenters. The molecule has 1 fully saturated rings. The van der Waals surface area contributed by atoms with Crippen molar-refractivity contribution in [3.05, 3.63) is 59.4 Å². The summed E-state index contributed by atoms with van der Waals surface area (Å²) < 4.78 is 28.0. The number of nitrogens with one attached hydrogen (secondary N) is 2. The quantitative estimate of drug-likeness (QED) is 0.460. The molecule has 6 nitrogen and oxygen atoms in total. The van der Waals surface area contributed by atoms with Crippen molar-refractivity contribution < 1.29 is 8.78 Å². The number of hydrogen-bond donors (Lipinski definition) is 2. The molecule has 1 aliphatic heterocycles. The Balaban J connectivity index is 1.55. The van der Waals surface area contributed by atoms with Gasteiger partial charge in [-0.3, -0.25) is 10.1 Å². The Morgan fingerprint density at radius 2 is 1.97 bits per heavy atom. The molecule has 158 valence electrons. The molecule has 0 spiro atoms. The van der Waals surface area contributed by atoms with Gasteiger partial charge in [-0.2, -0.15) is 5.10 Å². The van der Waals surface area contributed by atoms with Gasteiger partial charge in [0.25, 0.3) is 0 Å². The molecular formula is C22H19ClF2N6. The van der Waals surface area contributed by atoms with Gasteiger partial charge in [-0.15, -0.1) is 0 Å². The van der Waals surface area contributed by atoms with Gasteiger partial charge in [-0.25, -0.2) is 13.8 Å². The molecular weight excluding hydrogens is 422 g/mol. The van der Waals surface area contributed by atoms with E-state index < -0.39 is 11.6 Å². The van der Waals surface area contributed by atoms with Crippen LogP contribution in [0.1, 0.15) is 6.42 Å². The van der Waals surface area contributed by atoms with Gasteiger partial charge in [0, 0.05) is 36.3 Å². The summed E-state index contributed by atoms with van der Waals surface area (Å²) in [5.41, 5.74) is 4.20. The minimum atomic E-state index is -0.811. The average Bonchev–Trinajstić information content (AvgIpc) is 3.45. The predicted molar refractivity (Wildman–Crippen MR) is 117 cm³/mol. The maximum Gasteiger partial charge on any atom is 0.144 e. The van der Waals surface area contributed by atoms with Crippen LogP contribution in [0.3, 0.4) is 0 Å². The van der Waals surface area contributed by atoms with Crippen molar-refractivity contribution in [2.45, 2.75) is 12.5 Å². The van der Waals surface area contributed by atoms with Gasteiger partial charge >= 0.3 is 0 Å². The van der Waals surface area contributed by atoms with E-state index in [1.165, 1.54) is 6.07 Å². The number of pyridine rings is 2. The molecule has 1 aromatic carbocycles. The molecule has 1 aliphatic rings. The minimum Gasteiger partial charge on any atom is -0.369 e. The van der Waals surface area contributed by atoms with Gasteiger partial charge in [0.15, 0.2) is 0 Å². The molecule has 0 bridgehead atoms. The van der Waals surface area contributed by atoms with E-state index in [-0.39, 0.29) is 10.6 Å². The van der Waals surface area contributed by atoms with E-state index >= 15 is 0 Å². The first-order valence-electron chi connectivity index (χ1n) is 9.91. The highest BCUT2D eigenvalue weighted by Crippen LogP contribution is 2.34. The van der Waals surface area contributed by atoms with Crippen molar-refractivity contribution in [1.82, 2.24) is 25.5 Å². The maximum absolute atomic E-state index is 14.4. The summed E-state index contributed by atoms with van der Waals surface area (Å²) in [5.74, 6) is -1.54. The van der Waals surface area contributed by atoms with Crippen LogP contribution in [-0.2, 0) is 0 Å². The first-order chi connectivity index (χ1) is 15.0. The van der Waals surface area contributed by atoms with Crippen molar-refractivity contribution >= 4 is 28.3 Å². The lowest BCUT2D eigenvalue weighted by atomic mass is 10.0. The monoisotopic (exact) mass is 440 g/mol. The fourth-order valence-electron chi connectivity index (χ4n) is 3.95. The van der Waals surface area contributed by atoms with Gasteiger partial charge in [-0.1, -0.05) is 11.6 Å². The Bertz CT molecular complexity index is 1270. The molecule has 1 unspecified atom stereocenters. The second kappa shape index (κ2) is 7.86. The number of hydrogen-bond acceptors (Lipinski definition) is 5. The fraction of sp³-hybridized carbons (Fsp3) is 0.227. The van der Waals surface area contributed by atoms with Crippen LogP contribution in [0.25, 0.3) is 33.5 Å². The number of halogens is 3. The van der Waals surface area contributed by atoms with Crippen LogP contribution < -0.4 is 10.2 Å². The number of anilines is 1. The molecule has 3 aromatic heterocycles. The SMILES string of the molecule is CNC1CCN(c2cnc3ccc(-c4cn[nH]c4-c4cc(Cl)c(F)cc4F)nc3c2)C1. The number of rotatable bonds is 4. The Hall–Kier alpha value is -3.10. The zero-order valence-corrected chi connectivity index (χ0v) is 17.4. The van der Waals surface area contributed by atoms with E-state index in [2.05, 4.69) is 25.4 Å². The molecule has 31 heavy (non-hydrogen) atoms. The average molecular weight is 441 g/mol. The van der Waals surface area contributed by atoms with E-state index in [0.717, 1.165) is 42.3 Å². The topological polar surface area (TPSA) is 69.7 Å². The first kappa shape index (κ1) is 19.8. The molecule has 9 heteroatoms. The largest absolute Gasteiger partial charge is 0.369 e. The van der Waals surface area contributed by atoms with Crippen molar-refractivity contribution in [3.8, 4) is 22.5 Å². The van der Waals surface area contributed by atoms with Crippen LogP contribution in [0.4, 0.5) is 14.5 Å². The highest BCUT2D eigenvalue weighted by atomic mass is 35.5. The second-order valence-electron chi connectivity index (χ2n) is 7.55. The van der Waals surface area contributed by atoms with Crippen molar-refractivity contribution in [3.63, 3.8) is 0 Å². The lowest BCUT2D eigenvalue weighted by Crippen LogP contribution is -2.29. The van der Waals surface area contributed by atoms with Gasteiger partial charge in [-0.05, 0) is 37.7 Å². The second-order valence-corrected chi connectivity index (χ2v) is 7.96. The van der Waals surface area contributed by atoms with E-state index in [0.29, 0.717) is 23.0 Å². The number of aromatic amines is 1. The number of aromatic nitrogens is 4.